The van der Waals surface area contributed by atoms with E-state index in [1.807, 2.05) is 74.5 Å². The molecule has 0 aromatic heterocycles. The smallest absolute Gasteiger partial charge is 0.243 e. The summed E-state index contributed by atoms with van der Waals surface area (Å²) in [5.41, 5.74) is 4.34. The third kappa shape index (κ3) is 9.83. The van der Waals surface area contributed by atoms with Crippen molar-refractivity contribution in [3.63, 3.8) is 0 Å². The van der Waals surface area contributed by atoms with Crippen LogP contribution in [0.15, 0.2) is 72.8 Å². The first-order valence-corrected chi connectivity index (χ1v) is 17.7. The van der Waals surface area contributed by atoms with E-state index in [1.54, 1.807) is 17.0 Å². The predicted molar refractivity (Wildman–Crippen MR) is 178 cm³/mol. The number of nitrogens with zero attached hydrogens (tertiary/aromatic N) is 2. The molecule has 0 aliphatic heterocycles. The topological polar surface area (TPSA) is 86.8 Å². The number of aryl methyl sites for hydroxylation is 2. The maximum Gasteiger partial charge on any atom is 0.243 e. The van der Waals surface area contributed by atoms with E-state index in [0.717, 1.165) is 47.9 Å². The number of hydrogen-bond acceptors (Lipinski definition) is 4. The second-order valence-electron chi connectivity index (χ2n) is 12.0. The molecule has 236 valence electrons. The van der Waals surface area contributed by atoms with Crippen molar-refractivity contribution in [1.82, 2.24) is 10.2 Å². The maximum atomic E-state index is 14.1. The Labute approximate surface area is 267 Å². The summed E-state index contributed by atoms with van der Waals surface area (Å²) in [6.07, 6.45) is 7.17. The molecule has 1 aliphatic carbocycles. The lowest BCUT2D eigenvalue weighted by Gasteiger charge is -2.34. The lowest BCUT2D eigenvalue weighted by Crippen LogP contribution is -2.52. The van der Waals surface area contributed by atoms with Gasteiger partial charge in [0, 0.05) is 37.0 Å². The number of anilines is 1. The van der Waals surface area contributed by atoms with E-state index in [4.69, 9.17) is 11.6 Å². The van der Waals surface area contributed by atoms with Gasteiger partial charge in [-0.2, -0.15) is 0 Å². The minimum Gasteiger partial charge on any atom is -0.352 e. The van der Waals surface area contributed by atoms with Gasteiger partial charge in [-0.3, -0.25) is 13.9 Å². The van der Waals surface area contributed by atoms with E-state index < -0.39 is 16.1 Å². The van der Waals surface area contributed by atoms with Crippen molar-refractivity contribution in [3.8, 4) is 0 Å². The summed E-state index contributed by atoms with van der Waals surface area (Å²) in [7, 11) is -3.58. The molecule has 9 heteroatoms. The maximum absolute atomic E-state index is 14.1. The highest BCUT2D eigenvalue weighted by Gasteiger charge is 2.32. The Hall–Kier alpha value is -3.36. The van der Waals surface area contributed by atoms with Gasteiger partial charge < -0.3 is 10.2 Å². The molecule has 3 aromatic carbocycles. The predicted octanol–water partition coefficient (Wildman–Crippen LogP) is 6.59. The van der Waals surface area contributed by atoms with Crippen LogP contribution in [0.4, 0.5) is 5.69 Å². The zero-order valence-electron chi connectivity index (χ0n) is 26.0. The van der Waals surface area contributed by atoms with Gasteiger partial charge >= 0.3 is 0 Å². The summed E-state index contributed by atoms with van der Waals surface area (Å²) in [5.74, 6) is -0.357. The van der Waals surface area contributed by atoms with Gasteiger partial charge in [0.05, 0.1) is 11.9 Å². The molecule has 3 aromatic rings. The summed E-state index contributed by atoms with van der Waals surface area (Å²) >= 11 is 6.15. The zero-order valence-corrected chi connectivity index (χ0v) is 27.5. The van der Waals surface area contributed by atoms with Gasteiger partial charge in [-0.05, 0) is 79.6 Å². The molecule has 1 aliphatic rings. The highest BCUT2D eigenvalue weighted by molar-refractivity contribution is 7.92. The molecule has 1 fully saturated rings. The van der Waals surface area contributed by atoms with E-state index in [2.05, 4.69) is 5.32 Å². The lowest BCUT2D eigenvalue weighted by molar-refractivity contribution is -0.141. The molecule has 1 atom stereocenters. The van der Waals surface area contributed by atoms with E-state index in [1.165, 1.54) is 17.0 Å². The Kier molecular flexibility index (Phi) is 11.9. The molecule has 0 bridgehead atoms. The fourth-order valence-corrected chi connectivity index (χ4v) is 7.06. The highest BCUT2D eigenvalue weighted by Crippen LogP contribution is 2.24. The minimum atomic E-state index is -3.58. The molecular weight excluding hydrogens is 594 g/mol. The first kappa shape index (κ1) is 33.5. The summed E-state index contributed by atoms with van der Waals surface area (Å²) < 4.78 is 26.9. The number of hydrogen-bond donors (Lipinski definition) is 1. The molecule has 0 unspecified atom stereocenters. The van der Waals surface area contributed by atoms with Crippen LogP contribution in [-0.2, 0) is 32.6 Å². The van der Waals surface area contributed by atoms with Crippen molar-refractivity contribution in [2.45, 2.75) is 83.8 Å². The van der Waals surface area contributed by atoms with Gasteiger partial charge in [0.15, 0.2) is 0 Å². The van der Waals surface area contributed by atoms with Crippen LogP contribution in [0, 0.1) is 13.8 Å². The molecule has 4 rings (SSSR count). The fraction of sp³-hybridized carbons (Fsp3) is 0.429. The second kappa shape index (κ2) is 15.6. The normalized spacial score (nSPS) is 14.5. The number of nitrogens with one attached hydrogen (secondary N) is 1. The Morgan fingerprint density at radius 3 is 2.16 bits per heavy atom. The molecule has 0 saturated heterocycles. The van der Waals surface area contributed by atoms with Crippen LogP contribution in [-0.4, -0.2) is 50.0 Å². The minimum absolute atomic E-state index is 0.0897. The third-order valence-corrected chi connectivity index (χ3v) is 9.58. The molecule has 0 spiro atoms. The van der Waals surface area contributed by atoms with Crippen LogP contribution in [0.25, 0.3) is 0 Å². The van der Waals surface area contributed by atoms with Gasteiger partial charge in [0.2, 0.25) is 21.8 Å². The first-order valence-electron chi connectivity index (χ1n) is 15.4. The van der Waals surface area contributed by atoms with E-state index in [0.29, 0.717) is 23.6 Å². The average Bonchev–Trinajstić information content (AvgIpc) is 2.98. The number of halogens is 1. The van der Waals surface area contributed by atoms with Crippen LogP contribution in [0.5, 0.6) is 0 Å². The largest absolute Gasteiger partial charge is 0.352 e. The zero-order chi connectivity index (χ0) is 31.7. The quantitative estimate of drug-likeness (QED) is 0.229. The van der Waals surface area contributed by atoms with E-state index >= 15 is 0 Å². The molecular formula is C35H44ClN3O4S. The van der Waals surface area contributed by atoms with Gasteiger partial charge in [0.25, 0.3) is 0 Å². The molecule has 0 radical (unpaired) electrons. The Morgan fingerprint density at radius 2 is 1.55 bits per heavy atom. The number of amides is 2. The van der Waals surface area contributed by atoms with Crippen molar-refractivity contribution in [3.05, 3.63) is 100 Å². The van der Waals surface area contributed by atoms with Gasteiger partial charge in [-0.25, -0.2) is 8.42 Å². The second-order valence-corrected chi connectivity index (χ2v) is 14.3. The Balaban J connectivity index is 1.59. The number of sulfonamides is 1. The van der Waals surface area contributed by atoms with Gasteiger partial charge in [0.1, 0.15) is 6.04 Å². The van der Waals surface area contributed by atoms with Crippen molar-refractivity contribution in [2.24, 2.45) is 0 Å². The van der Waals surface area contributed by atoms with Crippen molar-refractivity contribution < 1.29 is 18.0 Å². The Morgan fingerprint density at radius 1 is 0.909 bits per heavy atom. The van der Waals surface area contributed by atoms with Crippen molar-refractivity contribution in [1.29, 1.82) is 0 Å². The number of carbonyl (C=O) groups excluding carboxylic acids is 2. The third-order valence-electron chi connectivity index (χ3n) is 8.14. The van der Waals surface area contributed by atoms with Crippen LogP contribution >= 0.6 is 11.6 Å². The number of benzene rings is 3. The molecule has 0 heterocycles. The average molecular weight is 638 g/mol. The van der Waals surface area contributed by atoms with Gasteiger partial charge in [-0.15, -0.1) is 0 Å². The first-order chi connectivity index (χ1) is 21.0. The monoisotopic (exact) mass is 637 g/mol. The summed E-state index contributed by atoms with van der Waals surface area (Å²) in [5, 5.41) is 3.85. The van der Waals surface area contributed by atoms with Crippen molar-refractivity contribution >= 4 is 39.1 Å². The molecule has 1 saturated carbocycles. The van der Waals surface area contributed by atoms with Crippen LogP contribution < -0.4 is 9.62 Å². The molecule has 44 heavy (non-hydrogen) atoms. The number of carbonyl (C=O) groups is 2. The highest BCUT2D eigenvalue weighted by atomic mass is 35.5. The summed E-state index contributed by atoms with van der Waals surface area (Å²) in [4.78, 5) is 29.7. The van der Waals surface area contributed by atoms with Crippen LogP contribution in [0.3, 0.4) is 0 Å². The standard InChI is InChI=1S/C35H44ClN3O4S/c1-26-21-27(2)23-32(22-26)39(44(3,42)43)20-10-15-34(40)38(25-29-16-18-30(36)19-17-29)33(24-28-11-6-4-7-12-28)35(41)37-31-13-8-5-9-14-31/h4,6-7,11-12,16-19,21-23,31,33H,5,8-10,13-15,20,24-25H2,1-3H3,(H,37,41)/t33-/m0/s1. The summed E-state index contributed by atoms with van der Waals surface area (Å²) in [6, 6.07) is 22.1. The van der Waals surface area contributed by atoms with Crippen molar-refractivity contribution in [2.75, 3.05) is 17.1 Å². The SMILES string of the molecule is Cc1cc(C)cc(N(CCCC(=O)N(Cc2ccc(Cl)cc2)[C@@H](Cc2ccccc2)C(=O)NC2CCCCC2)S(C)(=O)=O)c1. The number of rotatable bonds is 13. The van der Waals surface area contributed by atoms with E-state index in [9.17, 15) is 18.0 Å². The lowest BCUT2D eigenvalue weighted by atomic mass is 9.94. The van der Waals surface area contributed by atoms with Crippen LogP contribution in [0.2, 0.25) is 5.02 Å². The fourth-order valence-electron chi connectivity index (χ4n) is 5.98. The molecule has 1 N–H and O–H groups in total. The molecule has 7 nitrogen and oxygen atoms in total. The molecule has 2 amide bonds. The Bertz CT molecular complexity index is 1490. The van der Waals surface area contributed by atoms with Crippen LogP contribution in [0.1, 0.15) is 67.2 Å². The van der Waals surface area contributed by atoms with E-state index in [-0.39, 0.29) is 37.4 Å². The van der Waals surface area contributed by atoms with Gasteiger partial charge in [-0.1, -0.05) is 79.4 Å². The summed E-state index contributed by atoms with van der Waals surface area (Å²) in [6.45, 7) is 4.25.